The first-order chi connectivity index (χ1) is 8.08. The van der Waals surface area contributed by atoms with Crippen LogP contribution in [0.1, 0.15) is 5.56 Å². The Kier molecular flexibility index (Phi) is 2.91. The van der Waals surface area contributed by atoms with E-state index in [9.17, 15) is 9.18 Å². The number of carboxylic acid groups (broad SMARTS) is 1. The highest BCUT2D eigenvalue weighted by Crippen LogP contribution is 2.24. The summed E-state index contributed by atoms with van der Waals surface area (Å²) < 4.78 is 14.7. The van der Waals surface area contributed by atoms with E-state index in [4.69, 9.17) is 5.11 Å². The SMILES string of the molecule is Cn1ncc(CC(=O)O)c1-c1cccc(F)c1. The van der Waals surface area contributed by atoms with Crippen molar-refractivity contribution in [2.75, 3.05) is 0 Å². The van der Waals surface area contributed by atoms with Crippen molar-refractivity contribution in [1.29, 1.82) is 0 Å². The summed E-state index contributed by atoms with van der Waals surface area (Å²) in [4.78, 5) is 10.7. The van der Waals surface area contributed by atoms with Crippen molar-refractivity contribution in [2.45, 2.75) is 6.42 Å². The van der Waals surface area contributed by atoms with Crippen molar-refractivity contribution in [1.82, 2.24) is 9.78 Å². The summed E-state index contributed by atoms with van der Waals surface area (Å²) in [5, 5.41) is 12.8. The first kappa shape index (κ1) is 11.3. The van der Waals surface area contributed by atoms with Crippen molar-refractivity contribution in [3.8, 4) is 11.3 Å². The predicted octanol–water partition coefficient (Wildman–Crippen LogP) is 1.85. The minimum absolute atomic E-state index is 0.125. The molecular weight excluding hydrogens is 223 g/mol. The number of rotatable bonds is 3. The highest BCUT2D eigenvalue weighted by Gasteiger charge is 2.13. The molecule has 0 fully saturated rings. The molecule has 0 saturated heterocycles. The fraction of sp³-hybridized carbons (Fsp3) is 0.167. The number of carboxylic acids is 1. The maximum absolute atomic E-state index is 13.1. The van der Waals surface area contributed by atoms with Gasteiger partial charge < -0.3 is 5.11 Å². The molecule has 2 rings (SSSR count). The third-order valence-electron chi connectivity index (χ3n) is 2.45. The van der Waals surface area contributed by atoms with Crippen LogP contribution in [0.2, 0.25) is 0 Å². The van der Waals surface area contributed by atoms with Gasteiger partial charge in [0.05, 0.1) is 18.3 Å². The van der Waals surface area contributed by atoms with Gasteiger partial charge in [0.2, 0.25) is 0 Å². The summed E-state index contributed by atoms with van der Waals surface area (Å²) >= 11 is 0. The average molecular weight is 234 g/mol. The van der Waals surface area contributed by atoms with E-state index in [0.29, 0.717) is 16.8 Å². The van der Waals surface area contributed by atoms with Crippen molar-refractivity contribution >= 4 is 5.97 Å². The lowest BCUT2D eigenvalue weighted by Crippen LogP contribution is -2.02. The van der Waals surface area contributed by atoms with E-state index in [1.54, 1.807) is 23.9 Å². The van der Waals surface area contributed by atoms with Crippen LogP contribution in [-0.2, 0) is 18.3 Å². The van der Waals surface area contributed by atoms with E-state index in [0.717, 1.165) is 0 Å². The number of aliphatic carboxylic acids is 1. The van der Waals surface area contributed by atoms with Gasteiger partial charge >= 0.3 is 5.97 Å². The maximum atomic E-state index is 13.1. The molecule has 1 N–H and O–H groups in total. The zero-order chi connectivity index (χ0) is 12.4. The minimum atomic E-state index is -0.935. The molecule has 2 aromatic rings. The van der Waals surface area contributed by atoms with Gasteiger partial charge in [-0.3, -0.25) is 9.48 Å². The second-order valence-electron chi connectivity index (χ2n) is 3.72. The van der Waals surface area contributed by atoms with Crippen molar-refractivity contribution in [3.05, 3.63) is 41.8 Å². The summed E-state index contributed by atoms with van der Waals surface area (Å²) in [5.41, 5.74) is 1.83. The van der Waals surface area contributed by atoms with Crippen LogP contribution < -0.4 is 0 Å². The van der Waals surface area contributed by atoms with E-state index in [-0.39, 0.29) is 12.2 Å². The van der Waals surface area contributed by atoms with Gasteiger partial charge in [-0.25, -0.2) is 4.39 Å². The third-order valence-corrected chi connectivity index (χ3v) is 2.45. The van der Waals surface area contributed by atoms with Gasteiger partial charge in [0.15, 0.2) is 0 Å². The van der Waals surface area contributed by atoms with Gasteiger partial charge in [-0.2, -0.15) is 5.10 Å². The lowest BCUT2D eigenvalue weighted by atomic mass is 10.1. The standard InChI is InChI=1S/C12H11FN2O2/c1-15-12(8-3-2-4-10(13)5-8)9(7-14-15)6-11(16)17/h2-5,7H,6H2,1H3,(H,16,17). The largest absolute Gasteiger partial charge is 0.481 e. The van der Waals surface area contributed by atoms with Crippen LogP contribution in [-0.4, -0.2) is 20.9 Å². The predicted molar refractivity (Wildman–Crippen MR) is 59.9 cm³/mol. The smallest absolute Gasteiger partial charge is 0.307 e. The van der Waals surface area contributed by atoms with Crippen LogP contribution in [0, 0.1) is 5.82 Å². The quantitative estimate of drug-likeness (QED) is 0.881. The Bertz CT molecular complexity index is 563. The van der Waals surface area contributed by atoms with Gasteiger partial charge in [0.1, 0.15) is 5.82 Å². The topological polar surface area (TPSA) is 55.1 Å². The number of benzene rings is 1. The normalized spacial score (nSPS) is 10.5. The lowest BCUT2D eigenvalue weighted by Gasteiger charge is -2.05. The number of aryl methyl sites for hydroxylation is 1. The van der Waals surface area contributed by atoms with Gasteiger partial charge in [-0.15, -0.1) is 0 Å². The van der Waals surface area contributed by atoms with Gasteiger partial charge in [-0.1, -0.05) is 12.1 Å². The number of hydrogen-bond acceptors (Lipinski definition) is 2. The zero-order valence-corrected chi connectivity index (χ0v) is 9.22. The van der Waals surface area contributed by atoms with E-state index in [2.05, 4.69) is 5.10 Å². The summed E-state index contributed by atoms with van der Waals surface area (Å²) in [5.74, 6) is -1.29. The molecular formula is C12H11FN2O2. The van der Waals surface area contributed by atoms with Crippen LogP contribution in [0.4, 0.5) is 4.39 Å². The van der Waals surface area contributed by atoms with Crippen LogP contribution >= 0.6 is 0 Å². The molecule has 5 heteroatoms. The number of halogens is 1. The Labute approximate surface area is 97.3 Å². The van der Waals surface area contributed by atoms with Crippen LogP contribution in [0.3, 0.4) is 0 Å². The third kappa shape index (κ3) is 2.33. The Balaban J connectivity index is 2.50. The molecule has 1 aromatic carbocycles. The molecule has 0 atom stereocenters. The Morgan fingerprint density at radius 1 is 1.53 bits per heavy atom. The molecule has 0 aliphatic carbocycles. The monoisotopic (exact) mass is 234 g/mol. The molecule has 1 aromatic heterocycles. The van der Waals surface area contributed by atoms with E-state index < -0.39 is 5.97 Å². The average Bonchev–Trinajstić information content (AvgIpc) is 2.59. The van der Waals surface area contributed by atoms with E-state index >= 15 is 0 Å². The lowest BCUT2D eigenvalue weighted by molar-refractivity contribution is -0.136. The van der Waals surface area contributed by atoms with Crippen LogP contribution in [0.5, 0.6) is 0 Å². The fourth-order valence-corrected chi connectivity index (χ4v) is 1.78. The second kappa shape index (κ2) is 4.37. The highest BCUT2D eigenvalue weighted by molar-refractivity contribution is 5.75. The molecule has 17 heavy (non-hydrogen) atoms. The molecule has 0 spiro atoms. The molecule has 0 saturated carbocycles. The summed E-state index contributed by atoms with van der Waals surface area (Å²) in [7, 11) is 1.70. The molecule has 1 heterocycles. The summed E-state index contributed by atoms with van der Waals surface area (Å²) in [6.07, 6.45) is 1.37. The molecule has 0 unspecified atom stereocenters. The van der Waals surface area contributed by atoms with Crippen molar-refractivity contribution in [2.24, 2.45) is 7.05 Å². The Morgan fingerprint density at radius 3 is 2.94 bits per heavy atom. The number of carbonyl (C=O) groups is 1. The number of nitrogens with zero attached hydrogens (tertiary/aromatic N) is 2. The van der Waals surface area contributed by atoms with Gasteiger partial charge in [0.25, 0.3) is 0 Å². The molecule has 0 bridgehead atoms. The van der Waals surface area contributed by atoms with Gasteiger partial charge in [-0.05, 0) is 12.1 Å². The molecule has 0 radical (unpaired) electrons. The number of hydrogen-bond donors (Lipinski definition) is 1. The van der Waals surface area contributed by atoms with Crippen molar-refractivity contribution in [3.63, 3.8) is 0 Å². The minimum Gasteiger partial charge on any atom is -0.481 e. The molecule has 0 aliphatic rings. The van der Waals surface area contributed by atoms with Crippen molar-refractivity contribution < 1.29 is 14.3 Å². The maximum Gasteiger partial charge on any atom is 0.307 e. The Hall–Kier alpha value is -2.17. The van der Waals surface area contributed by atoms with E-state index in [1.807, 2.05) is 0 Å². The van der Waals surface area contributed by atoms with Crippen LogP contribution in [0.15, 0.2) is 30.5 Å². The second-order valence-corrected chi connectivity index (χ2v) is 3.72. The first-order valence-electron chi connectivity index (χ1n) is 5.06. The zero-order valence-electron chi connectivity index (χ0n) is 9.22. The van der Waals surface area contributed by atoms with Crippen LogP contribution in [0.25, 0.3) is 11.3 Å². The number of aromatic nitrogens is 2. The Morgan fingerprint density at radius 2 is 2.29 bits per heavy atom. The summed E-state index contributed by atoms with van der Waals surface area (Å²) in [6, 6.07) is 6.02. The fourth-order valence-electron chi connectivity index (χ4n) is 1.78. The first-order valence-corrected chi connectivity index (χ1v) is 5.06. The molecule has 4 nitrogen and oxygen atoms in total. The molecule has 0 aliphatic heterocycles. The van der Waals surface area contributed by atoms with Gasteiger partial charge in [0, 0.05) is 18.2 Å². The highest BCUT2D eigenvalue weighted by atomic mass is 19.1. The summed E-state index contributed by atoms with van der Waals surface area (Å²) in [6.45, 7) is 0. The molecule has 88 valence electrons. The van der Waals surface area contributed by atoms with E-state index in [1.165, 1.54) is 18.3 Å². The molecule has 0 amide bonds.